The maximum atomic E-state index is 13.5. The average Bonchev–Trinajstić information content (AvgIpc) is 3.22. The second-order valence-corrected chi connectivity index (χ2v) is 13.3. The Bertz CT molecular complexity index is 1890. The maximum absolute atomic E-state index is 13.5. The summed E-state index contributed by atoms with van der Waals surface area (Å²) in [5, 5.41) is 11.1. The number of rotatable bonds is 15. The Morgan fingerprint density at radius 1 is 0.596 bits per heavy atom. The Morgan fingerprint density at radius 3 is 1.63 bits per heavy atom. The maximum Gasteiger partial charge on any atom is 0.338 e. The predicted molar refractivity (Wildman–Crippen MR) is 199 cm³/mol. The summed E-state index contributed by atoms with van der Waals surface area (Å²) < 4.78 is 54.3. The Kier molecular flexibility index (Phi) is 14.5. The van der Waals surface area contributed by atoms with Gasteiger partial charge in [-0.2, -0.15) is 0 Å². The molecule has 0 bridgehead atoms. The normalized spacial score (nSPS) is 25.8. The fourth-order valence-electron chi connectivity index (χ4n) is 6.44. The van der Waals surface area contributed by atoms with Gasteiger partial charge in [0.25, 0.3) is 0 Å². The van der Waals surface area contributed by atoms with Crippen LogP contribution in [0.5, 0.6) is 0 Å². The van der Waals surface area contributed by atoms with Gasteiger partial charge < -0.3 is 47.7 Å². The molecule has 2 fully saturated rings. The Labute approximate surface area is 329 Å². The molecule has 2 aliphatic heterocycles. The summed E-state index contributed by atoms with van der Waals surface area (Å²) in [7, 11) is 0. The minimum absolute atomic E-state index is 0.0128. The lowest BCUT2D eigenvalue weighted by atomic mass is 9.97. The first-order valence-electron chi connectivity index (χ1n) is 18.4. The highest BCUT2D eigenvalue weighted by Crippen LogP contribution is 2.34. The number of esters is 4. The molecule has 14 nitrogen and oxygen atoms in total. The van der Waals surface area contributed by atoms with E-state index in [4.69, 9.17) is 42.6 Å². The largest absolute Gasteiger partial charge is 0.457 e. The van der Waals surface area contributed by atoms with Gasteiger partial charge in [0.15, 0.2) is 37.0 Å². The number of aliphatic hydroxyl groups excluding tert-OH is 1. The van der Waals surface area contributed by atoms with E-state index in [0.717, 1.165) is 11.1 Å². The van der Waals surface area contributed by atoms with Crippen LogP contribution >= 0.6 is 0 Å². The molecule has 57 heavy (non-hydrogen) atoms. The van der Waals surface area contributed by atoms with E-state index in [-0.39, 0.29) is 30.9 Å². The molecule has 2 heterocycles. The van der Waals surface area contributed by atoms with Gasteiger partial charge in [0.1, 0.15) is 18.3 Å². The van der Waals surface area contributed by atoms with Crippen molar-refractivity contribution < 1.29 is 66.9 Å². The molecule has 0 spiro atoms. The zero-order chi connectivity index (χ0) is 40.1. The van der Waals surface area contributed by atoms with Crippen molar-refractivity contribution in [3.8, 4) is 0 Å². The van der Waals surface area contributed by atoms with E-state index >= 15 is 0 Å². The minimum atomic E-state index is -1.74. The van der Waals surface area contributed by atoms with Gasteiger partial charge in [-0.3, -0.25) is 9.59 Å². The van der Waals surface area contributed by atoms with Gasteiger partial charge in [-0.05, 0) is 35.4 Å². The highest BCUT2D eigenvalue weighted by molar-refractivity contribution is 5.90. The quantitative estimate of drug-likeness (QED) is 0.131. The van der Waals surface area contributed by atoms with Gasteiger partial charge in [-0.15, -0.1) is 0 Å². The zero-order valence-electron chi connectivity index (χ0n) is 31.3. The van der Waals surface area contributed by atoms with Gasteiger partial charge in [0, 0.05) is 13.8 Å². The molecule has 9 atom stereocenters. The summed E-state index contributed by atoms with van der Waals surface area (Å²) in [5.74, 6) is -3.03. The number of carbonyl (C=O) groups is 4. The number of ether oxygens (including phenoxy) is 9. The van der Waals surface area contributed by atoms with Gasteiger partial charge in [0.2, 0.25) is 0 Å². The minimum Gasteiger partial charge on any atom is -0.457 e. The van der Waals surface area contributed by atoms with Crippen molar-refractivity contribution in [2.75, 3.05) is 13.2 Å². The summed E-state index contributed by atoms with van der Waals surface area (Å²) in [6, 6.07) is 34.7. The summed E-state index contributed by atoms with van der Waals surface area (Å²) in [6.07, 6.45) is -12.4. The van der Waals surface area contributed by atoms with Crippen LogP contribution < -0.4 is 0 Å². The van der Waals surface area contributed by atoms with Crippen LogP contribution in [0.2, 0.25) is 0 Å². The van der Waals surface area contributed by atoms with Gasteiger partial charge in [-0.1, -0.05) is 97.1 Å². The monoisotopic (exact) mass is 784 g/mol. The molecule has 6 rings (SSSR count). The zero-order valence-corrected chi connectivity index (χ0v) is 31.3. The highest BCUT2D eigenvalue weighted by atomic mass is 16.8. The first kappa shape index (κ1) is 41.2. The molecule has 0 unspecified atom stereocenters. The first-order chi connectivity index (χ1) is 27.7. The summed E-state index contributed by atoms with van der Waals surface area (Å²) in [6.45, 7) is 2.09. The van der Waals surface area contributed by atoms with E-state index in [1.807, 2.05) is 60.7 Å². The van der Waals surface area contributed by atoms with Crippen LogP contribution in [-0.4, -0.2) is 97.5 Å². The van der Waals surface area contributed by atoms with E-state index in [9.17, 15) is 24.3 Å². The Hall–Kier alpha value is -5.48. The molecule has 4 aromatic rings. The van der Waals surface area contributed by atoms with Crippen molar-refractivity contribution in [3.05, 3.63) is 144 Å². The molecule has 0 aromatic heterocycles. The van der Waals surface area contributed by atoms with E-state index in [1.54, 1.807) is 36.4 Å². The van der Waals surface area contributed by atoms with Crippen LogP contribution in [0.25, 0.3) is 0 Å². The number of benzene rings is 4. The molecule has 0 amide bonds. The van der Waals surface area contributed by atoms with Crippen LogP contribution in [0.4, 0.5) is 0 Å². The lowest BCUT2D eigenvalue weighted by molar-refractivity contribution is -0.346. The van der Waals surface area contributed by atoms with E-state index < -0.39 is 85.8 Å². The highest BCUT2D eigenvalue weighted by Gasteiger charge is 2.54. The van der Waals surface area contributed by atoms with Crippen LogP contribution in [0.3, 0.4) is 0 Å². The van der Waals surface area contributed by atoms with Crippen molar-refractivity contribution in [2.45, 2.75) is 82.4 Å². The topological polar surface area (TPSA) is 172 Å². The van der Waals surface area contributed by atoms with E-state index in [2.05, 4.69) is 0 Å². The van der Waals surface area contributed by atoms with Crippen LogP contribution in [0, 0.1) is 0 Å². The predicted octanol–water partition coefficient (Wildman–Crippen LogP) is 4.56. The molecule has 0 aliphatic carbocycles. The number of hydrogen-bond acceptors (Lipinski definition) is 14. The molecular weight excluding hydrogens is 740 g/mol. The third-order valence-corrected chi connectivity index (χ3v) is 9.09. The number of hydrogen-bond donors (Lipinski definition) is 1. The van der Waals surface area contributed by atoms with Crippen molar-refractivity contribution >= 4 is 23.9 Å². The van der Waals surface area contributed by atoms with Gasteiger partial charge in [0.05, 0.1) is 37.6 Å². The van der Waals surface area contributed by atoms with Gasteiger partial charge >= 0.3 is 23.9 Å². The molecule has 1 N–H and O–H groups in total. The number of carbonyl (C=O) groups excluding carboxylic acids is 4. The van der Waals surface area contributed by atoms with Crippen LogP contribution in [0.1, 0.15) is 45.7 Å². The molecular formula is C43H44O14. The lowest BCUT2D eigenvalue weighted by Crippen LogP contribution is -2.65. The van der Waals surface area contributed by atoms with E-state index in [1.165, 1.54) is 38.1 Å². The lowest BCUT2D eigenvalue weighted by Gasteiger charge is -2.47. The SMILES string of the molecule is CC(=O)O[C@@H]1[C@@H](O[C@@H]2CO[C@H](O)[C@H](OC(=O)c3ccccc3)[C@H]2OC(=O)c2ccccc2)O[C@H](COCc2ccccc2)[C@@H](OC(C)=O)[C@@H]1OCc1ccccc1. The Morgan fingerprint density at radius 2 is 1.09 bits per heavy atom. The van der Waals surface area contributed by atoms with Crippen molar-refractivity contribution in [3.63, 3.8) is 0 Å². The molecule has 0 saturated carbocycles. The molecule has 300 valence electrons. The smallest absolute Gasteiger partial charge is 0.338 e. The summed E-state index contributed by atoms with van der Waals surface area (Å²) in [5.41, 5.74) is 1.98. The van der Waals surface area contributed by atoms with E-state index in [0.29, 0.717) is 0 Å². The van der Waals surface area contributed by atoms with Crippen molar-refractivity contribution in [2.24, 2.45) is 0 Å². The van der Waals surface area contributed by atoms with Crippen LogP contribution in [0.15, 0.2) is 121 Å². The summed E-state index contributed by atoms with van der Waals surface area (Å²) in [4.78, 5) is 52.2. The standard InChI is InChI=1S/C43H44O14/c1-27(44)52-35-33(25-49-23-29-15-7-3-8-16-29)54-43(39(53-28(2)45)37(35)50-24-30-17-9-4-10-18-30)55-34-26-51-42(48)38(57-41(47)32-21-13-6-14-22-32)36(34)56-40(46)31-19-11-5-12-20-31/h3-22,33-39,42-43,48H,23-26H2,1-2H3/t33-,34-,35-,36+,37+,38-,39+,42+,43-/m1/s1. The fraction of sp³-hybridized carbons (Fsp3) is 0.349. The molecule has 14 heteroatoms. The third kappa shape index (κ3) is 11.3. The third-order valence-electron chi connectivity index (χ3n) is 9.09. The molecule has 4 aromatic carbocycles. The Balaban J connectivity index is 1.34. The fourth-order valence-corrected chi connectivity index (χ4v) is 6.44. The van der Waals surface area contributed by atoms with Gasteiger partial charge in [-0.25, -0.2) is 9.59 Å². The second-order valence-electron chi connectivity index (χ2n) is 13.3. The van der Waals surface area contributed by atoms with Crippen molar-refractivity contribution in [1.29, 1.82) is 0 Å². The molecule has 2 aliphatic rings. The first-order valence-corrected chi connectivity index (χ1v) is 18.4. The average molecular weight is 785 g/mol. The number of aliphatic hydroxyl groups is 1. The summed E-state index contributed by atoms with van der Waals surface area (Å²) >= 11 is 0. The van der Waals surface area contributed by atoms with Crippen LogP contribution in [-0.2, 0) is 65.4 Å². The second kappa shape index (κ2) is 20.1. The molecule has 2 saturated heterocycles. The molecule has 0 radical (unpaired) electrons. The van der Waals surface area contributed by atoms with Crippen molar-refractivity contribution in [1.82, 2.24) is 0 Å².